The van der Waals surface area contributed by atoms with Gasteiger partial charge in [0, 0.05) is 42.6 Å². The van der Waals surface area contributed by atoms with Crippen LogP contribution in [0.15, 0.2) is 34.9 Å². The van der Waals surface area contributed by atoms with Crippen LogP contribution in [0.4, 0.5) is 4.39 Å². The SMILES string of the molecule is CC(=O)N1C[C@@H]2C[C@@]3(C)[C@H](CCCC[C@@H]13)N2C(=O)c1cc(-c2ccccc2F)no1. The number of amides is 2. The summed E-state index contributed by atoms with van der Waals surface area (Å²) in [7, 11) is 0. The summed E-state index contributed by atoms with van der Waals surface area (Å²) in [5.74, 6) is -0.417. The molecule has 3 aliphatic rings. The lowest BCUT2D eigenvalue weighted by Crippen LogP contribution is -2.55. The van der Waals surface area contributed by atoms with E-state index in [1.54, 1.807) is 25.1 Å². The first-order valence-electron chi connectivity index (χ1n) is 10.7. The van der Waals surface area contributed by atoms with Gasteiger partial charge in [0.25, 0.3) is 5.91 Å². The third-order valence-corrected chi connectivity index (χ3v) is 7.43. The van der Waals surface area contributed by atoms with Crippen LogP contribution in [-0.2, 0) is 4.79 Å². The smallest absolute Gasteiger partial charge is 0.293 e. The highest BCUT2D eigenvalue weighted by Gasteiger charge is 2.60. The Morgan fingerprint density at radius 3 is 2.67 bits per heavy atom. The molecule has 1 aromatic heterocycles. The predicted molar refractivity (Wildman–Crippen MR) is 108 cm³/mol. The summed E-state index contributed by atoms with van der Waals surface area (Å²) < 4.78 is 19.5. The normalized spacial score (nSPS) is 30.3. The van der Waals surface area contributed by atoms with E-state index in [1.807, 2.05) is 9.80 Å². The average Bonchev–Trinajstić information content (AvgIpc) is 3.24. The fraction of sp³-hybridized carbons (Fsp3) is 0.522. The molecule has 158 valence electrons. The molecule has 3 fully saturated rings. The van der Waals surface area contributed by atoms with Gasteiger partial charge in [-0.3, -0.25) is 9.59 Å². The standard InChI is InChI=1S/C23H26FN3O3/c1-14(28)26-13-15-12-23(2)20(26)9-5-6-10-21(23)27(15)22(29)19-11-18(25-30-19)16-7-3-4-8-17(16)24/h3-4,7-8,11,15,20-21H,5-6,9-10,12-13H2,1-2H3/t15-,20+,21-,23+/m0/s1. The number of carbonyl (C=O) groups is 2. The number of hydrogen-bond acceptors (Lipinski definition) is 4. The molecule has 2 bridgehead atoms. The van der Waals surface area contributed by atoms with E-state index in [-0.39, 0.29) is 41.1 Å². The first-order valence-corrected chi connectivity index (χ1v) is 10.7. The zero-order valence-corrected chi connectivity index (χ0v) is 17.3. The number of carbonyl (C=O) groups excluding carboxylic acids is 2. The molecule has 1 saturated carbocycles. The maximum Gasteiger partial charge on any atom is 0.293 e. The number of benzene rings is 1. The van der Waals surface area contributed by atoms with Gasteiger partial charge in [-0.15, -0.1) is 0 Å². The van der Waals surface area contributed by atoms with E-state index in [4.69, 9.17) is 4.52 Å². The van der Waals surface area contributed by atoms with Crippen molar-refractivity contribution in [2.75, 3.05) is 6.54 Å². The molecule has 3 heterocycles. The van der Waals surface area contributed by atoms with E-state index in [0.717, 1.165) is 32.1 Å². The van der Waals surface area contributed by atoms with Crippen LogP contribution in [0.3, 0.4) is 0 Å². The van der Waals surface area contributed by atoms with Gasteiger partial charge in [-0.1, -0.05) is 37.1 Å². The number of nitrogens with zero attached hydrogens (tertiary/aromatic N) is 3. The topological polar surface area (TPSA) is 66.7 Å². The molecule has 2 amide bonds. The van der Waals surface area contributed by atoms with Crippen LogP contribution in [0.2, 0.25) is 0 Å². The van der Waals surface area contributed by atoms with E-state index < -0.39 is 5.82 Å². The molecule has 6 nitrogen and oxygen atoms in total. The van der Waals surface area contributed by atoms with Crippen molar-refractivity contribution in [1.82, 2.24) is 15.0 Å². The van der Waals surface area contributed by atoms with Crippen LogP contribution >= 0.6 is 0 Å². The summed E-state index contributed by atoms with van der Waals surface area (Å²) in [5.41, 5.74) is 0.508. The molecule has 2 saturated heterocycles. The maximum absolute atomic E-state index is 14.1. The lowest BCUT2D eigenvalue weighted by molar-refractivity contribution is -0.136. The largest absolute Gasteiger partial charge is 0.350 e. The zero-order chi connectivity index (χ0) is 21.0. The highest BCUT2D eigenvalue weighted by atomic mass is 19.1. The van der Waals surface area contributed by atoms with Crippen LogP contribution in [-0.4, -0.2) is 51.4 Å². The Morgan fingerprint density at radius 1 is 1.20 bits per heavy atom. The van der Waals surface area contributed by atoms with Gasteiger partial charge in [-0.25, -0.2) is 4.39 Å². The van der Waals surface area contributed by atoms with Crippen molar-refractivity contribution in [3.05, 3.63) is 41.9 Å². The number of fused-ring (bicyclic) bond motifs is 1. The molecule has 7 heteroatoms. The Labute approximate surface area is 175 Å². The fourth-order valence-corrected chi connectivity index (χ4v) is 6.12. The van der Waals surface area contributed by atoms with E-state index in [1.165, 1.54) is 12.1 Å². The van der Waals surface area contributed by atoms with E-state index in [2.05, 4.69) is 12.1 Å². The molecule has 0 spiro atoms. The number of likely N-dealkylation sites (tertiary alicyclic amines) is 2. The average molecular weight is 411 g/mol. The monoisotopic (exact) mass is 411 g/mol. The number of hydrogen-bond donors (Lipinski definition) is 0. The van der Waals surface area contributed by atoms with Crippen LogP contribution in [0, 0.1) is 11.2 Å². The minimum atomic E-state index is -0.405. The lowest BCUT2D eigenvalue weighted by Gasteiger charge is -2.46. The fourth-order valence-electron chi connectivity index (χ4n) is 6.12. The Balaban J connectivity index is 1.49. The number of piperidine rings is 1. The first-order chi connectivity index (χ1) is 14.4. The van der Waals surface area contributed by atoms with Crippen molar-refractivity contribution in [2.45, 2.75) is 64.1 Å². The third kappa shape index (κ3) is 2.78. The molecule has 2 aliphatic heterocycles. The highest BCUT2D eigenvalue weighted by Crippen LogP contribution is 2.53. The Hall–Kier alpha value is -2.70. The van der Waals surface area contributed by atoms with Gasteiger partial charge in [-0.05, 0) is 31.4 Å². The molecular weight excluding hydrogens is 385 g/mol. The quantitative estimate of drug-likeness (QED) is 0.752. The van der Waals surface area contributed by atoms with Crippen molar-refractivity contribution in [1.29, 1.82) is 0 Å². The van der Waals surface area contributed by atoms with Crippen molar-refractivity contribution in [2.24, 2.45) is 5.41 Å². The Morgan fingerprint density at radius 2 is 1.93 bits per heavy atom. The number of aromatic nitrogens is 1. The molecule has 0 radical (unpaired) electrons. The van der Waals surface area contributed by atoms with Crippen molar-refractivity contribution in [3.63, 3.8) is 0 Å². The van der Waals surface area contributed by atoms with Gasteiger partial charge >= 0.3 is 0 Å². The molecule has 4 atom stereocenters. The molecule has 1 aliphatic carbocycles. The summed E-state index contributed by atoms with van der Waals surface area (Å²) in [5, 5.41) is 3.96. The number of rotatable bonds is 2. The van der Waals surface area contributed by atoms with Crippen LogP contribution in [0.25, 0.3) is 11.3 Å². The summed E-state index contributed by atoms with van der Waals surface area (Å²) in [4.78, 5) is 29.8. The van der Waals surface area contributed by atoms with Gasteiger partial charge in [-0.2, -0.15) is 0 Å². The van der Waals surface area contributed by atoms with Crippen LogP contribution in [0.1, 0.15) is 56.5 Å². The van der Waals surface area contributed by atoms with Gasteiger partial charge < -0.3 is 14.3 Å². The molecule has 5 rings (SSSR count). The second kappa shape index (κ2) is 6.93. The molecular formula is C23H26FN3O3. The second-order valence-electron chi connectivity index (χ2n) is 9.12. The minimum absolute atomic E-state index is 0.0345. The molecule has 0 N–H and O–H groups in total. The van der Waals surface area contributed by atoms with Crippen LogP contribution in [0.5, 0.6) is 0 Å². The van der Waals surface area contributed by atoms with Gasteiger partial charge in [0.15, 0.2) is 0 Å². The minimum Gasteiger partial charge on any atom is -0.350 e. The van der Waals surface area contributed by atoms with Crippen molar-refractivity contribution in [3.8, 4) is 11.3 Å². The van der Waals surface area contributed by atoms with E-state index in [0.29, 0.717) is 17.8 Å². The summed E-state index contributed by atoms with van der Waals surface area (Å²) >= 11 is 0. The molecule has 1 aromatic carbocycles. The molecule has 0 unspecified atom stereocenters. The highest BCUT2D eigenvalue weighted by molar-refractivity contribution is 5.93. The van der Waals surface area contributed by atoms with Crippen LogP contribution < -0.4 is 0 Å². The molecule has 30 heavy (non-hydrogen) atoms. The maximum atomic E-state index is 14.1. The molecule has 2 aromatic rings. The predicted octanol–water partition coefficient (Wildman–Crippen LogP) is 3.87. The summed E-state index contributed by atoms with van der Waals surface area (Å²) in [6.07, 6.45) is 4.91. The number of halogens is 1. The van der Waals surface area contributed by atoms with Gasteiger partial charge in [0.2, 0.25) is 11.7 Å². The van der Waals surface area contributed by atoms with Gasteiger partial charge in [0.05, 0.1) is 6.04 Å². The van der Waals surface area contributed by atoms with E-state index >= 15 is 0 Å². The lowest BCUT2D eigenvalue weighted by atomic mass is 9.71. The second-order valence-corrected chi connectivity index (χ2v) is 9.12. The zero-order valence-electron chi connectivity index (χ0n) is 17.3. The van der Waals surface area contributed by atoms with Crippen molar-refractivity contribution >= 4 is 11.8 Å². The van der Waals surface area contributed by atoms with Gasteiger partial charge in [0.1, 0.15) is 11.5 Å². The Kier molecular flexibility index (Phi) is 4.45. The van der Waals surface area contributed by atoms with E-state index in [9.17, 15) is 14.0 Å². The summed E-state index contributed by atoms with van der Waals surface area (Å²) in [6, 6.07) is 8.04. The van der Waals surface area contributed by atoms with Crippen molar-refractivity contribution < 1.29 is 18.5 Å². The Bertz CT molecular complexity index is 1010. The first kappa shape index (κ1) is 19.3. The summed E-state index contributed by atoms with van der Waals surface area (Å²) in [6.45, 7) is 4.41. The third-order valence-electron chi connectivity index (χ3n) is 7.43.